The SMILES string of the molecule is C=CC1C(/C=C/C=C/C=C/CCC)C2/C=C\C(=O)OC[C@]3(C)[C@H]4[C@@H]5C=C(CO)C[C@]6(O)C(=O)C(C)=C[C@H]6[C@@]5(O)[C@H](C)C[C@]43OC(=O)C/C=C/C=C/C12. The second-order valence-corrected chi connectivity index (χ2v) is 16.0. The molecule has 8 nitrogen and oxygen atoms in total. The highest BCUT2D eigenvalue weighted by molar-refractivity contribution is 6.04. The van der Waals surface area contributed by atoms with E-state index in [-0.39, 0.29) is 49.5 Å². The zero-order valence-corrected chi connectivity index (χ0v) is 30.8. The summed E-state index contributed by atoms with van der Waals surface area (Å²) >= 11 is 0. The molecule has 3 saturated carbocycles. The highest BCUT2D eigenvalue weighted by Gasteiger charge is 2.85. The van der Waals surface area contributed by atoms with E-state index < -0.39 is 70.2 Å². The molecule has 12 atom stereocenters. The zero-order valence-electron chi connectivity index (χ0n) is 30.8. The number of aliphatic hydroxyl groups excluding tert-OH is 1. The first-order chi connectivity index (χ1) is 24.8. The lowest BCUT2D eigenvalue weighted by Crippen LogP contribution is -2.61. The molecule has 8 heteroatoms. The van der Waals surface area contributed by atoms with Crippen molar-refractivity contribution in [1.82, 2.24) is 0 Å². The molecule has 52 heavy (non-hydrogen) atoms. The molecule has 4 unspecified atom stereocenters. The van der Waals surface area contributed by atoms with E-state index >= 15 is 0 Å². The summed E-state index contributed by atoms with van der Waals surface area (Å²) < 4.78 is 12.3. The Hall–Kier alpha value is -3.85. The van der Waals surface area contributed by atoms with E-state index in [1.807, 2.05) is 62.5 Å². The van der Waals surface area contributed by atoms with Crippen LogP contribution in [0.3, 0.4) is 0 Å². The molecule has 6 rings (SSSR count). The maximum absolute atomic E-state index is 13.5. The van der Waals surface area contributed by atoms with Crippen LogP contribution in [0.2, 0.25) is 0 Å². The lowest BCUT2D eigenvalue weighted by Gasteiger charge is -2.50. The van der Waals surface area contributed by atoms with Crippen molar-refractivity contribution in [2.75, 3.05) is 13.2 Å². The van der Waals surface area contributed by atoms with E-state index in [2.05, 4.69) is 31.7 Å². The number of aliphatic hydroxyl groups is 3. The van der Waals surface area contributed by atoms with E-state index in [0.717, 1.165) is 12.8 Å². The number of fused-ring (bicyclic) bond motifs is 6. The van der Waals surface area contributed by atoms with Crippen LogP contribution in [-0.4, -0.2) is 63.1 Å². The van der Waals surface area contributed by atoms with Gasteiger partial charge in [0, 0.05) is 35.7 Å². The van der Waals surface area contributed by atoms with Gasteiger partial charge >= 0.3 is 11.9 Å². The molecule has 278 valence electrons. The maximum atomic E-state index is 13.5. The van der Waals surface area contributed by atoms with Gasteiger partial charge in [-0.05, 0) is 60.5 Å². The molecule has 1 spiro atoms. The van der Waals surface area contributed by atoms with Crippen molar-refractivity contribution in [3.8, 4) is 0 Å². The first-order valence-electron chi connectivity index (χ1n) is 18.8. The number of allylic oxidation sites excluding steroid dienone is 11. The number of Topliss-reactive ketones (excluding diaryl/α,β-unsaturated/α-hetero) is 1. The predicted octanol–water partition coefficient (Wildman–Crippen LogP) is 6.24. The van der Waals surface area contributed by atoms with E-state index in [1.165, 1.54) is 6.08 Å². The van der Waals surface area contributed by atoms with Crippen molar-refractivity contribution in [1.29, 1.82) is 0 Å². The third-order valence-electron chi connectivity index (χ3n) is 13.1. The van der Waals surface area contributed by atoms with Crippen LogP contribution in [0.25, 0.3) is 0 Å². The fraction of sp³-hybridized carbons (Fsp3) is 0.523. The summed E-state index contributed by atoms with van der Waals surface area (Å²) in [4.78, 5) is 40.3. The van der Waals surface area contributed by atoms with Crippen LogP contribution < -0.4 is 0 Å². The second kappa shape index (κ2) is 14.5. The standard InChI is InChI=1S/C44H54O8/c1-6-8-9-10-11-12-14-17-32-31(7-2)33-18-15-13-16-19-38(47)52-43-24-29(4)44(50)35(39(43)41(43,5)27-51-37(46)21-20-34(32)33)23-30(26-45)25-42(49)36(44)22-28(3)40(42)48/h7,9-18,20-23,29,31-36,39,45,49-50H,2,6,8,19,24-27H2,1,3-5H3/b10-9+,12-11+,16-13+,17-14+,18-15+,21-20-/t29-,31?,32?,33?,34?,35+,36-,39-,41-,42-,43+,44-/m1/s1. The van der Waals surface area contributed by atoms with Crippen molar-refractivity contribution in [3.05, 3.63) is 109 Å². The molecule has 3 fully saturated rings. The summed E-state index contributed by atoms with van der Waals surface area (Å²) in [7, 11) is 0. The minimum Gasteiger partial charge on any atom is -0.462 e. The van der Waals surface area contributed by atoms with Gasteiger partial charge in [0.25, 0.3) is 0 Å². The number of ether oxygens (including phenoxy) is 2. The Kier molecular flexibility index (Phi) is 10.6. The van der Waals surface area contributed by atoms with E-state index in [9.17, 15) is 29.7 Å². The van der Waals surface area contributed by atoms with Crippen molar-refractivity contribution >= 4 is 17.7 Å². The van der Waals surface area contributed by atoms with E-state index in [0.29, 0.717) is 11.1 Å². The fourth-order valence-electron chi connectivity index (χ4n) is 10.4. The van der Waals surface area contributed by atoms with Gasteiger partial charge < -0.3 is 24.8 Å². The Labute approximate surface area is 307 Å². The Morgan fingerprint density at radius 3 is 2.50 bits per heavy atom. The van der Waals surface area contributed by atoms with Gasteiger partial charge in [0.1, 0.15) is 17.8 Å². The molecular weight excluding hydrogens is 656 g/mol. The number of ketones is 1. The Balaban J connectivity index is 1.31. The average Bonchev–Trinajstić information content (AvgIpc) is 3.55. The minimum atomic E-state index is -1.90. The normalized spacial score (nSPS) is 44.9. The van der Waals surface area contributed by atoms with E-state index in [4.69, 9.17) is 9.47 Å². The molecule has 6 aliphatic rings. The molecule has 0 saturated heterocycles. The number of carbonyl (C=O) groups is 3. The summed E-state index contributed by atoms with van der Waals surface area (Å²) in [5.41, 5.74) is -4.69. The summed E-state index contributed by atoms with van der Waals surface area (Å²) in [6, 6.07) is 0. The average molecular weight is 711 g/mol. The predicted molar refractivity (Wildman–Crippen MR) is 199 cm³/mol. The van der Waals surface area contributed by atoms with Crippen LogP contribution in [0.5, 0.6) is 0 Å². The van der Waals surface area contributed by atoms with Crippen LogP contribution in [0.15, 0.2) is 109 Å². The second-order valence-electron chi connectivity index (χ2n) is 16.0. The molecular formula is C44H54O8. The molecule has 0 radical (unpaired) electrons. The number of rotatable bonds is 7. The topological polar surface area (TPSA) is 130 Å². The number of esters is 2. The highest BCUT2D eigenvalue weighted by Crippen LogP contribution is 2.77. The summed E-state index contributed by atoms with van der Waals surface area (Å²) in [6.45, 7) is 11.1. The molecule has 0 amide bonds. The number of unbranched alkanes of at least 4 members (excludes halogenated alkanes) is 1. The molecule has 0 aromatic rings. The van der Waals surface area contributed by atoms with Gasteiger partial charge in [-0.2, -0.15) is 0 Å². The Morgan fingerprint density at radius 1 is 1.02 bits per heavy atom. The zero-order chi connectivity index (χ0) is 37.5. The maximum Gasteiger partial charge on any atom is 0.330 e. The van der Waals surface area contributed by atoms with Crippen LogP contribution in [0, 0.1) is 52.8 Å². The van der Waals surface area contributed by atoms with Crippen LogP contribution in [0.1, 0.15) is 59.8 Å². The van der Waals surface area contributed by atoms with Gasteiger partial charge in [0.2, 0.25) is 0 Å². The van der Waals surface area contributed by atoms with Gasteiger partial charge in [-0.1, -0.05) is 112 Å². The fourth-order valence-corrected chi connectivity index (χ4v) is 10.4. The lowest BCUT2D eigenvalue weighted by atomic mass is 9.56. The number of hydrogen-bond acceptors (Lipinski definition) is 8. The van der Waals surface area contributed by atoms with E-state index in [1.54, 1.807) is 25.2 Å². The van der Waals surface area contributed by atoms with Crippen LogP contribution in [0.4, 0.5) is 0 Å². The summed E-state index contributed by atoms with van der Waals surface area (Å²) in [5, 5.41) is 35.0. The Morgan fingerprint density at radius 2 is 1.77 bits per heavy atom. The van der Waals surface area contributed by atoms with Gasteiger partial charge in [-0.15, -0.1) is 6.58 Å². The summed E-state index contributed by atoms with van der Waals surface area (Å²) in [6.07, 6.45) is 31.1. The van der Waals surface area contributed by atoms with Crippen molar-refractivity contribution in [3.63, 3.8) is 0 Å². The smallest absolute Gasteiger partial charge is 0.330 e. The minimum absolute atomic E-state index is 0.0251. The lowest BCUT2D eigenvalue weighted by molar-refractivity contribution is -0.187. The first kappa shape index (κ1) is 37.9. The number of carbonyl (C=O) groups excluding carboxylic acids is 3. The molecule has 0 bridgehead atoms. The molecule has 0 aromatic carbocycles. The molecule has 1 aliphatic heterocycles. The van der Waals surface area contributed by atoms with Crippen molar-refractivity contribution < 1.29 is 39.2 Å². The highest BCUT2D eigenvalue weighted by atomic mass is 16.6. The van der Waals surface area contributed by atoms with Gasteiger partial charge in [-0.25, -0.2) is 4.79 Å². The summed E-state index contributed by atoms with van der Waals surface area (Å²) in [5.74, 6) is -3.69. The largest absolute Gasteiger partial charge is 0.462 e. The van der Waals surface area contributed by atoms with Crippen molar-refractivity contribution in [2.45, 2.75) is 76.6 Å². The van der Waals surface area contributed by atoms with Gasteiger partial charge in [-0.3, -0.25) is 9.59 Å². The number of hydrogen-bond donors (Lipinski definition) is 3. The monoisotopic (exact) mass is 710 g/mol. The van der Waals surface area contributed by atoms with Gasteiger partial charge in [0.15, 0.2) is 5.78 Å². The van der Waals surface area contributed by atoms with Gasteiger partial charge in [0.05, 0.1) is 18.6 Å². The quantitative estimate of drug-likeness (QED) is 0.161. The van der Waals surface area contributed by atoms with Crippen LogP contribution in [-0.2, 0) is 23.9 Å². The van der Waals surface area contributed by atoms with Crippen molar-refractivity contribution in [2.24, 2.45) is 52.8 Å². The van der Waals surface area contributed by atoms with Crippen LogP contribution >= 0.6 is 0 Å². The molecule has 0 aromatic heterocycles. The third-order valence-corrected chi connectivity index (χ3v) is 13.1. The first-order valence-corrected chi connectivity index (χ1v) is 18.8. The number of cyclic esters (lactones) is 1. The molecule has 5 aliphatic carbocycles. The molecule has 1 heterocycles. The third kappa shape index (κ3) is 6.10. The molecule has 3 N–H and O–H groups in total. The Bertz CT molecular complexity index is 1710.